The highest BCUT2D eigenvalue weighted by atomic mass is 16.5. The Bertz CT molecular complexity index is 351. The lowest BCUT2D eigenvalue weighted by Gasteiger charge is -2.35. The smallest absolute Gasteiger partial charge is 0.233 e. The molecule has 6 heteroatoms. The van der Waals surface area contributed by atoms with Gasteiger partial charge in [0.2, 0.25) is 5.91 Å². The number of nitrogens with one attached hydrogen (secondary N) is 1. The van der Waals surface area contributed by atoms with Crippen LogP contribution in [-0.2, 0) is 9.53 Å². The van der Waals surface area contributed by atoms with Crippen LogP contribution < -0.4 is 11.1 Å². The molecule has 4 N–H and O–H groups in total. The zero-order chi connectivity index (χ0) is 14.5. The summed E-state index contributed by atoms with van der Waals surface area (Å²) in [6.07, 6.45) is 2.34. The number of hydrogen-bond acceptors (Lipinski definition) is 4. The number of nitrogens with zero attached hydrogens (tertiary/aromatic N) is 1. The van der Waals surface area contributed by atoms with Gasteiger partial charge in [0.15, 0.2) is 5.84 Å². The Morgan fingerprint density at radius 2 is 2.11 bits per heavy atom. The summed E-state index contributed by atoms with van der Waals surface area (Å²) in [6.45, 7) is 7.72. The summed E-state index contributed by atoms with van der Waals surface area (Å²) in [5.41, 5.74) is 4.72. The van der Waals surface area contributed by atoms with E-state index in [9.17, 15) is 4.79 Å². The maximum atomic E-state index is 12.3. The van der Waals surface area contributed by atoms with Crippen molar-refractivity contribution in [2.24, 2.45) is 21.7 Å². The fraction of sp³-hybridized carbons (Fsp3) is 0.846. The maximum Gasteiger partial charge on any atom is 0.233 e. The van der Waals surface area contributed by atoms with Crippen molar-refractivity contribution < 1.29 is 14.7 Å². The van der Waals surface area contributed by atoms with Crippen LogP contribution >= 0.6 is 0 Å². The zero-order valence-corrected chi connectivity index (χ0v) is 12.0. The Morgan fingerprint density at radius 3 is 2.58 bits per heavy atom. The molecule has 1 atom stereocenters. The van der Waals surface area contributed by atoms with E-state index in [1.807, 2.05) is 6.92 Å². The standard InChI is InChI=1S/C13H25N3O3/c1-4-13(3,10(14)16-18)11(17)15-9-12(2)5-7-19-8-6-12/h18H,4-9H2,1-3H3,(H2,14,16)(H,15,17). The molecule has 0 aromatic rings. The first-order chi connectivity index (χ1) is 8.88. The molecule has 1 heterocycles. The number of rotatable bonds is 5. The quantitative estimate of drug-likeness (QED) is 0.302. The van der Waals surface area contributed by atoms with E-state index in [1.54, 1.807) is 6.92 Å². The van der Waals surface area contributed by atoms with Crippen LogP contribution in [0.15, 0.2) is 5.16 Å². The molecule has 0 aliphatic carbocycles. The molecule has 1 rings (SSSR count). The van der Waals surface area contributed by atoms with Crippen LogP contribution in [0, 0.1) is 10.8 Å². The number of nitrogens with two attached hydrogens (primary N) is 1. The summed E-state index contributed by atoms with van der Waals surface area (Å²) in [5.74, 6) is -0.248. The summed E-state index contributed by atoms with van der Waals surface area (Å²) in [6, 6.07) is 0. The zero-order valence-electron chi connectivity index (χ0n) is 12.0. The first-order valence-electron chi connectivity index (χ1n) is 6.72. The number of ether oxygens (including phenoxy) is 1. The molecule has 1 amide bonds. The first kappa shape index (κ1) is 15.8. The van der Waals surface area contributed by atoms with Crippen LogP contribution in [-0.4, -0.2) is 36.7 Å². The van der Waals surface area contributed by atoms with Gasteiger partial charge in [-0.25, -0.2) is 0 Å². The minimum absolute atomic E-state index is 0.0513. The Morgan fingerprint density at radius 1 is 1.53 bits per heavy atom. The van der Waals surface area contributed by atoms with Crippen molar-refractivity contribution in [3.8, 4) is 0 Å². The van der Waals surface area contributed by atoms with Crippen molar-refractivity contribution >= 4 is 11.7 Å². The monoisotopic (exact) mass is 271 g/mol. The molecule has 110 valence electrons. The van der Waals surface area contributed by atoms with Crippen molar-refractivity contribution in [2.75, 3.05) is 19.8 Å². The molecule has 6 nitrogen and oxygen atoms in total. The van der Waals surface area contributed by atoms with Gasteiger partial charge in [-0.3, -0.25) is 4.79 Å². The minimum Gasteiger partial charge on any atom is -0.409 e. The highest BCUT2D eigenvalue weighted by Gasteiger charge is 2.37. The van der Waals surface area contributed by atoms with Gasteiger partial charge < -0.3 is 21.0 Å². The highest BCUT2D eigenvalue weighted by molar-refractivity contribution is 6.06. The third-order valence-electron chi connectivity index (χ3n) is 4.26. The van der Waals surface area contributed by atoms with Crippen molar-refractivity contribution in [1.82, 2.24) is 5.32 Å². The van der Waals surface area contributed by atoms with Gasteiger partial charge in [0, 0.05) is 19.8 Å². The molecular formula is C13H25N3O3. The van der Waals surface area contributed by atoms with Crippen LogP contribution in [0.3, 0.4) is 0 Å². The molecule has 1 saturated heterocycles. The molecule has 0 spiro atoms. The first-order valence-corrected chi connectivity index (χ1v) is 6.72. The summed E-state index contributed by atoms with van der Waals surface area (Å²) < 4.78 is 5.33. The lowest BCUT2D eigenvalue weighted by Crippen LogP contribution is -2.50. The topological polar surface area (TPSA) is 96.9 Å². The molecule has 0 aromatic heterocycles. The highest BCUT2D eigenvalue weighted by Crippen LogP contribution is 2.29. The van der Waals surface area contributed by atoms with Gasteiger partial charge in [-0.15, -0.1) is 0 Å². The molecular weight excluding hydrogens is 246 g/mol. The third kappa shape index (κ3) is 3.59. The predicted octanol–water partition coefficient (Wildman–Crippen LogP) is 1.08. The Kier molecular flexibility index (Phi) is 5.17. The largest absolute Gasteiger partial charge is 0.409 e. The fourth-order valence-corrected chi connectivity index (χ4v) is 2.10. The van der Waals surface area contributed by atoms with E-state index < -0.39 is 5.41 Å². The van der Waals surface area contributed by atoms with Crippen molar-refractivity contribution in [2.45, 2.75) is 40.0 Å². The Labute approximate surface area is 114 Å². The lowest BCUT2D eigenvalue weighted by atomic mass is 9.81. The van der Waals surface area contributed by atoms with E-state index >= 15 is 0 Å². The number of carbonyl (C=O) groups excluding carboxylic acids is 1. The summed E-state index contributed by atoms with van der Waals surface area (Å²) in [4.78, 5) is 12.3. The molecule has 1 aliphatic rings. The van der Waals surface area contributed by atoms with Crippen molar-refractivity contribution in [3.63, 3.8) is 0 Å². The molecule has 1 unspecified atom stereocenters. The van der Waals surface area contributed by atoms with Gasteiger partial charge >= 0.3 is 0 Å². The van der Waals surface area contributed by atoms with E-state index in [4.69, 9.17) is 15.7 Å². The number of amides is 1. The molecule has 0 saturated carbocycles. The van der Waals surface area contributed by atoms with Crippen LogP contribution in [0.1, 0.15) is 40.0 Å². The van der Waals surface area contributed by atoms with Crippen LogP contribution in [0.25, 0.3) is 0 Å². The minimum atomic E-state index is -0.962. The van der Waals surface area contributed by atoms with Crippen molar-refractivity contribution in [3.05, 3.63) is 0 Å². The number of hydrogen-bond donors (Lipinski definition) is 3. The summed E-state index contributed by atoms with van der Waals surface area (Å²) >= 11 is 0. The van der Waals surface area contributed by atoms with Crippen LogP contribution in [0.4, 0.5) is 0 Å². The second-order valence-corrected chi connectivity index (χ2v) is 5.78. The average molecular weight is 271 g/mol. The molecule has 0 aromatic carbocycles. The number of amidine groups is 1. The Balaban J connectivity index is 2.63. The molecule has 1 aliphatic heterocycles. The summed E-state index contributed by atoms with van der Waals surface area (Å²) in [5, 5.41) is 14.7. The van der Waals surface area contributed by atoms with E-state index in [2.05, 4.69) is 17.4 Å². The predicted molar refractivity (Wildman–Crippen MR) is 73.0 cm³/mol. The van der Waals surface area contributed by atoms with E-state index in [0.717, 1.165) is 26.1 Å². The van der Waals surface area contributed by atoms with Gasteiger partial charge in [0.05, 0.1) is 0 Å². The van der Waals surface area contributed by atoms with Crippen LogP contribution in [0.5, 0.6) is 0 Å². The lowest BCUT2D eigenvalue weighted by molar-refractivity contribution is -0.128. The average Bonchev–Trinajstić information content (AvgIpc) is 2.43. The summed E-state index contributed by atoms with van der Waals surface area (Å²) in [7, 11) is 0. The SMILES string of the molecule is CCC(C)(C(=O)NCC1(C)CCOCC1)C(N)=NO. The van der Waals surface area contributed by atoms with Crippen molar-refractivity contribution in [1.29, 1.82) is 0 Å². The number of carbonyl (C=O) groups is 1. The normalized spacial score (nSPS) is 22.6. The van der Waals surface area contributed by atoms with Crippen LogP contribution in [0.2, 0.25) is 0 Å². The number of oxime groups is 1. The van der Waals surface area contributed by atoms with E-state index in [1.165, 1.54) is 0 Å². The van der Waals surface area contributed by atoms with Gasteiger partial charge in [0.25, 0.3) is 0 Å². The molecule has 0 bridgehead atoms. The maximum absolute atomic E-state index is 12.3. The van der Waals surface area contributed by atoms with Gasteiger partial charge in [-0.1, -0.05) is 19.0 Å². The molecule has 1 fully saturated rings. The van der Waals surface area contributed by atoms with E-state index in [0.29, 0.717) is 13.0 Å². The van der Waals surface area contributed by atoms with Gasteiger partial charge in [-0.05, 0) is 31.6 Å². The second-order valence-electron chi connectivity index (χ2n) is 5.78. The molecule has 0 radical (unpaired) electrons. The fourth-order valence-electron chi connectivity index (χ4n) is 2.10. The third-order valence-corrected chi connectivity index (χ3v) is 4.26. The van der Waals surface area contributed by atoms with Gasteiger partial charge in [0.1, 0.15) is 5.41 Å². The second kappa shape index (κ2) is 6.23. The van der Waals surface area contributed by atoms with E-state index in [-0.39, 0.29) is 17.2 Å². The molecule has 19 heavy (non-hydrogen) atoms. The van der Waals surface area contributed by atoms with Gasteiger partial charge in [-0.2, -0.15) is 0 Å². The Hall–Kier alpha value is -1.30.